The Morgan fingerprint density at radius 2 is 2.33 bits per heavy atom. The molecule has 0 atom stereocenters. The van der Waals surface area contributed by atoms with Gasteiger partial charge in [-0.1, -0.05) is 11.6 Å². The van der Waals surface area contributed by atoms with Crippen molar-refractivity contribution in [1.29, 1.82) is 5.26 Å². The second-order valence-corrected chi connectivity index (χ2v) is 2.18. The van der Waals surface area contributed by atoms with E-state index in [-0.39, 0.29) is 16.7 Å². The van der Waals surface area contributed by atoms with Crippen LogP contribution >= 0.6 is 11.6 Å². The van der Waals surface area contributed by atoms with Crippen molar-refractivity contribution >= 4 is 17.4 Å². The molecule has 0 unspecified atom stereocenters. The van der Waals surface area contributed by atoms with Gasteiger partial charge in [-0.2, -0.15) is 5.26 Å². The maximum atomic E-state index is 8.13. The van der Waals surface area contributed by atoms with Crippen LogP contribution in [0.5, 0.6) is 0 Å². The standard InChI is InChI=1S/C7H3ClN4/c8-6-4-11-5(2-1-3-9)7(10)12-6/h4H,(H2,10,12). The molecule has 0 radical (unpaired) electrons. The van der Waals surface area contributed by atoms with E-state index in [1.165, 1.54) is 6.20 Å². The van der Waals surface area contributed by atoms with Crippen LogP contribution in [0.4, 0.5) is 5.82 Å². The molecule has 0 aliphatic carbocycles. The SMILES string of the molecule is N#CC#Cc1ncc(Cl)nc1N. The van der Waals surface area contributed by atoms with Crippen LogP contribution < -0.4 is 5.73 Å². The van der Waals surface area contributed by atoms with Gasteiger partial charge in [0.05, 0.1) is 6.20 Å². The van der Waals surface area contributed by atoms with Gasteiger partial charge in [0, 0.05) is 5.92 Å². The molecule has 0 bridgehead atoms. The van der Waals surface area contributed by atoms with Crippen molar-refractivity contribution in [2.75, 3.05) is 5.73 Å². The third-order valence-electron chi connectivity index (χ3n) is 1.01. The number of nitrogens with two attached hydrogens (primary N) is 1. The number of halogens is 1. The number of nitriles is 1. The van der Waals surface area contributed by atoms with Gasteiger partial charge in [0.25, 0.3) is 0 Å². The first-order chi connectivity index (χ1) is 5.74. The van der Waals surface area contributed by atoms with Gasteiger partial charge in [0.15, 0.2) is 17.6 Å². The number of anilines is 1. The Labute approximate surface area is 74.0 Å². The molecular formula is C7H3ClN4. The van der Waals surface area contributed by atoms with Crippen molar-refractivity contribution < 1.29 is 0 Å². The number of aromatic nitrogens is 2. The summed E-state index contributed by atoms with van der Waals surface area (Å²) in [6.45, 7) is 0. The van der Waals surface area contributed by atoms with E-state index in [0.717, 1.165) is 0 Å². The fourth-order valence-corrected chi connectivity index (χ4v) is 0.704. The lowest BCUT2D eigenvalue weighted by Gasteiger charge is -1.94. The maximum Gasteiger partial charge on any atom is 0.159 e. The number of nitrogens with zero attached hydrogens (tertiary/aromatic N) is 3. The fourth-order valence-electron chi connectivity index (χ4n) is 0.564. The summed E-state index contributed by atoms with van der Waals surface area (Å²) in [5, 5.41) is 8.34. The van der Waals surface area contributed by atoms with E-state index in [2.05, 4.69) is 21.8 Å². The predicted molar refractivity (Wildman–Crippen MR) is 43.9 cm³/mol. The molecule has 0 aliphatic heterocycles. The van der Waals surface area contributed by atoms with Crippen LogP contribution in [0.1, 0.15) is 5.69 Å². The van der Waals surface area contributed by atoms with Crippen molar-refractivity contribution in [2.24, 2.45) is 0 Å². The highest BCUT2D eigenvalue weighted by Crippen LogP contribution is 2.07. The van der Waals surface area contributed by atoms with Gasteiger partial charge in [-0.05, 0) is 5.92 Å². The summed E-state index contributed by atoms with van der Waals surface area (Å²) in [4.78, 5) is 7.47. The first-order valence-electron chi connectivity index (χ1n) is 2.92. The quantitative estimate of drug-likeness (QED) is 0.590. The average Bonchev–Trinajstić information content (AvgIpc) is 2.03. The van der Waals surface area contributed by atoms with Crippen molar-refractivity contribution in [3.8, 4) is 17.9 Å². The number of nitrogen functional groups attached to an aromatic ring is 1. The summed E-state index contributed by atoms with van der Waals surface area (Å²) >= 11 is 5.48. The topological polar surface area (TPSA) is 75.6 Å². The molecule has 0 aromatic carbocycles. The Kier molecular flexibility index (Phi) is 2.47. The van der Waals surface area contributed by atoms with Gasteiger partial charge >= 0.3 is 0 Å². The van der Waals surface area contributed by atoms with Crippen molar-refractivity contribution in [1.82, 2.24) is 9.97 Å². The van der Waals surface area contributed by atoms with E-state index >= 15 is 0 Å². The minimum absolute atomic E-state index is 0.130. The van der Waals surface area contributed by atoms with Crippen LogP contribution in [0.15, 0.2) is 6.20 Å². The lowest BCUT2D eigenvalue weighted by molar-refractivity contribution is 1.19. The Bertz CT molecular complexity index is 396. The van der Waals surface area contributed by atoms with Crippen LogP contribution in [-0.2, 0) is 0 Å². The molecule has 1 heterocycles. The molecule has 0 saturated carbocycles. The summed E-state index contributed by atoms with van der Waals surface area (Å²) in [5.41, 5.74) is 5.66. The van der Waals surface area contributed by atoms with Crippen molar-refractivity contribution in [3.05, 3.63) is 17.0 Å². The Balaban J connectivity index is 3.12. The first-order valence-corrected chi connectivity index (χ1v) is 3.30. The monoisotopic (exact) mass is 178 g/mol. The minimum Gasteiger partial charge on any atom is -0.381 e. The van der Waals surface area contributed by atoms with E-state index in [9.17, 15) is 0 Å². The molecule has 0 fully saturated rings. The fraction of sp³-hybridized carbons (Fsp3) is 0. The van der Waals surface area contributed by atoms with Crippen LogP contribution in [0, 0.1) is 23.2 Å². The number of hydrogen-bond donors (Lipinski definition) is 1. The number of hydrogen-bond acceptors (Lipinski definition) is 4. The predicted octanol–water partition coefficient (Wildman–Crippen LogP) is 0.587. The molecule has 4 nitrogen and oxygen atoms in total. The normalized spacial score (nSPS) is 8.00. The third kappa shape index (κ3) is 1.85. The summed E-state index contributed by atoms with van der Waals surface area (Å²) < 4.78 is 0. The summed E-state index contributed by atoms with van der Waals surface area (Å²) in [6, 6.07) is 1.64. The van der Waals surface area contributed by atoms with Crippen LogP contribution in [0.2, 0.25) is 5.15 Å². The lowest BCUT2D eigenvalue weighted by atomic mass is 10.4. The molecule has 0 aliphatic rings. The molecule has 1 aromatic heterocycles. The molecule has 12 heavy (non-hydrogen) atoms. The lowest BCUT2D eigenvalue weighted by Crippen LogP contribution is -1.97. The molecule has 2 N–H and O–H groups in total. The molecule has 1 aromatic rings. The maximum absolute atomic E-state index is 8.13. The zero-order valence-electron chi connectivity index (χ0n) is 5.87. The van der Waals surface area contributed by atoms with Gasteiger partial charge in [-0.3, -0.25) is 0 Å². The second kappa shape index (κ2) is 3.56. The van der Waals surface area contributed by atoms with Crippen molar-refractivity contribution in [2.45, 2.75) is 0 Å². The van der Waals surface area contributed by atoms with Gasteiger partial charge < -0.3 is 5.73 Å². The minimum atomic E-state index is 0.130. The second-order valence-electron chi connectivity index (χ2n) is 1.79. The van der Waals surface area contributed by atoms with E-state index < -0.39 is 0 Å². The van der Waals surface area contributed by atoms with Crippen LogP contribution in [-0.4, -0.2) is 9.97 Å². The highest BCUT2D eigenvalue weighted by atomic mass is 35.5. The van der Waals surface area contributed by atoms with Gasteiger partial charge in [0.1, 0.15) is 5.15 Å². The van der Waals surface area contributed by atoms with E-state index in [4.69, 9.17) is 22.6 Å². The Morgan fingerprint density at radius 3 is 2.92 bits per heavy atom. The average molecular weight is 179 g/mol. The van der Waals surface area contributed by atoms with E-state index in [1.807, 2.05) is 0 Å². The van der Waals surface area contributed by atoms with E-state index in [0.29, 0.717) is 0 Å². The molecule has 1 rings (SSSR count). The molecular weight excluding hydrogens is 176 g/mol. The van der Waals surface area contributed by atoms with Gasteiger partial charge in [-0.15, -0.1) is 0 Å². The van der Waals surface area contributed by atoms with Crippen LogP contribution in [0.3, 0.4) is 0 Å². The number of rotatable bonds is 0. The van der Waals surface area contributed by atoms with Gasteiger partial charge in [0.2, 0.25) is 0 Å². The smallest absolute Gasteiger partial charge is 0.159 e. The zero-order valence-corrected chi connectivity index (χ0v) is 6.63. The molecule has 0 amide bonds. The van der Waals surface area contributed by atoms with E-state index in [1.54, 1.807) is 6.07 Å². The van der Waals surface area contributed by atoms with Crippen LogP contribution in [0.25, 0.3) is 0 Å². The molecule has 58 valence electrons. The summed E-state index contributed by atoms with van der Waals surface area (Å²) in [7, 11) is 0. The molecule has 0 spiro atoms. The molecule has 0 saturated heterocycles. The Hall–Kier alpha value is -1.78. The highest BCUT2D eigenvalue weighted by Gasteiger charge is 1.98. The zero-order chi connectivity index (χ0) is 8.97. The highest BCUT2D eigenvalue weighted by molar-refractivity contribution is 6.29. The first kappa shape index (κ1) is 8.32. The summed E-state index contributed by atoms with van der Waals surface area (Å²) in [6.07, 6.45) is 1.32. The van der Waals surface area contributed by atoms with Crippen molar-refractivity contribution in [3.63, 3.8) is 0 Å². The van der Waals surface area contributed by atoms with Gasteiger partial charge in [-0.25, -0.2) is 9.97 Å². The Morgan fingerprint density at radius 1 is 1.58 bits per heavy atom. The third-order valence-corrected chi connectivity index (χ3v) is 1.19. The summed E-state index contributed by atoms with van der Waals surface area (Å²) in [5.74, 6) is 4.71. The largest absolute Gasteiger partial charge is 0.381 e. The molecule has 5 heteroatoms.